The molecule has 0 saturated carbocycles. The lowest BCUT2D eigenvalue weighted by Gasteiger charge is -2.22. The van der Waals surface area contributed by atoms with E-state index in [1.165, 1.54) is 32.7 Å². The van der Waals surface area contributed by atoms with Gasteiger partial charge in [0.1, 0.15) is 0 Å². The highest BCUT2D eigenvalue weighted by atomic mass is 79.9. The van der Waals surface area contributed by atoms with E-state index in [9.17, 15) is 0 Å². The van der Waals surface area contributed by atoms with Gasteiger partial charge < -0.3 is 0 Å². The highest BCUT2D eigenvalue weighted by Crippen LogP contribution is 2.41. The minimum absolute atomic E-state index is 0.0503. The maximum Gasteiger partial charge on any atom is 0.0979 e. The summed E-state index contributed by atoms with van der Waals surface area (Å²) in [6.07, 6.45) is 0. The maximum absolute atomic E-state index is 5.45. The van der Waals surface area contributed by atoms with E-state index in [0.29, 0.717) is 0 Å². The van der Waals surface area contributed by atoms with Gasteiger partial charge in [0, 0.05) is 26.0 Å². The Morgan fingerprint density at radius 1 is 0.436 bits per heavy atom. The molecule has 2 nitrogen and oxygen atoms in total. The number of hydrogen-bond donors (Lipinski definition) is 0. The number of fused-ring (bicyclic) bond motifs is 12. The number of nitrogens with zero attached hydrogens (tertiary/aromatic N) is 2. The Kier molecular flexibility index (Phi) is 5.16. The van der Waals surface area contributed by atoms with Crippen molar-refractivity contribution in [1.29, 1.82) is 0 Å². The molecule has 0 amide bonds. The van der Waals surface area contributed by atoms with E-state index in [1.807, 2.05) is 0 Å². The first-order chi connectivity index (χ1) is 18.5. The van der Waals surface area contributed by atoms with Gasteiger partial charge in [0.15, 0.2) is 0 Å². The quantitative estimate of drug-likeness (QED) is 0.134. The van der Waals surface area contributed by atoms with Gasteiger partial charge in [-0.25, -0.2) is 9.97 Å². The van der Waals surface area contributed by atoms with E-state index in [0.717, 1.165) is 48.1 Å². The van der Waals surface area contributed by atoms with Crippen LogP contribution in [0, 0.1) is 0 Å². The summed E-state index contributed by atoms with van der Waals surface area (Å²) in [5, 5.41) is 9.46. The highest BCUT2D eigenvalue weighted by Gasteiger charge is 2.21. The molecule has 0 N–H and O–H groups in total. The van der Waals surface area contributed by atoms with E-state index >= 15 is 0 Å². The standard InChI is InChI=1S/C36H31BrN2/c1-35(2,3)20-11-14-25-28(17-20)29-18-21(36(4,5)6)12-15-26(29)33-32(25)38-31-24-10-8-7-9-23(24)30-19-22(37)13-16-27(30)34(31)39-33/h7-19H,1-6H3. The minimum Gasteiger partial charge on any atom is -0.243 e. The van der Waals surface area contributed by atoms with E-state index in [4.69, 9.17) is 9.97 Å². The SMILES string of the molecule is CC(C)(C)c1ccc2c(c1)c1cc(C(C)(C)C)ccc1c1nc3c4ccc(Br)cc4c4ccccc4c3nc21. The van der Waals surface area contributed by atoms with Gasteiger partial charge >= 0.3 is 0 Å². The van der Waals surface area contributed by atoms with Gasteiger partial charge in [-0.05, 0) is 67.8 Å². The van der Waals surface area contributed by atoms with Crippen LogP contribution in [-0.2, 0) is 10.8 Å². The summed E-state index contributed by atoms with van der Waals surface area (Å²) in [7, 11) is 0. The molecule has 1 aromatic heterocycles. The normalized spacial score (nSPS) is 13.0. The molecule has 7 rings (SSSR count). The summed E-state index contributed by atoms with van der Waals surface area (Å²) in [6, 6.07) is 28.9. The molecule has 1 heterocycles. The zero-order valence-corrected chi connectivity index (χ0v) is 24.9. The molecule has 39 heavy (non-hydrogen) atoms. The Bertz CT molecular complexity index is 2140. The van der Waals surface area contributed by atoms with Crippen LogP contribution in [0.25, 0.3) is 65.2 Å². The van der Waals surface area contributed by atoms with Crippen LogP contribution in [0.15, 0.2) is 83.3 Å². The molecule has 7 aromatic rings. The van der Waals surface area contributed by atoms with Gasteiger partial charge in [-0.15, -0.1) is 0 Å². The number of rotatable bonds is 0. The van der Waals surface area contributed by atoms with Crippen molar-refractivity contribution >= 4 is 81.1 Å². The van der Waals surface area contributed by atoms with Crippen molar-refractivity contribution < 1.29 is 0 Å². The molecule has 0 radical (unpaired) electrons. The molecule has 192 valence electrons. The lowest BCUT2D eigenvalue weighted by molar-refractivity contribution is 0.590. The van der Waals surface area contributed by atoms with Crippen molar-refractivity contribution in [3.63, 3.8) is 0 Å². The first-order valence-corrected chi connectivity index (χ1v) is 14.4. The zero-order valence-electron chi connectivity index (χ0n) is 23.3. The molecule has 0 aliphatic heterocycles. The summed E-state index contributed by atoms with van der Waals surface area (Å²) < 4.78 is 1.06. The van der Waals surface area contributed by atoms with E-state index in [1.54, 1.807) is 0 Å². The number of benzene rings is 6. The third kappa shape index (κ3) is 3.74. The highest BCUT2D eigenvalue weighted by molar-refractivity contribution is 9.10. The lowest BCUT2D eigenvalue weighted by atomic mass is 9.83. The van der Waals surface area contributed by atoms with Crippen molar-refractivity contribution in [1.82, 2.24) is 9.97 Å². The van der Waals surface area contributed by atoms with Crippen LogP contribution in [0.5, 0.6) is 0 Å². The largest absolute Gasteiger partial charge is 0.243 e. The van der Waals surface area contributed by atoms with Crippen LogP contribution >= 0.6 is 15.9 Å². The lowest BCUT2D eigenvalue weighted by Crippen LogP contribution is -2.11. The first kappa shape index (κ1) is 24.5. The molecule has 0 fully saturated rings. The van der Waals surface area contributed by atoms with Gasteiger partial charge in [-0.1, -0.05) is 112 Å². The van der Waals surface area contributed by atoms with Crippen LogP contribution in [0.4, 0.5) is 0 Å². The Balaban J connectivity index is 1.74. The molecule has 6 aromatic carbocycles. The molecule has 0 saturated heterocycles. The third-order valence-electron chi connectivity index (χ3n) is 8.18. The molecule has 0 unspecified atom stereocenters. The van der Waals surface area contributed by atoms with Crippen molar-refractivity contribution in [3.8, 4) is 0 Å². The topological polar surface area (TPSA) is 25.8 Å². The van der Waals surface area contributed by atoms with Crippen molar-refractivity contribution in [2.75, 3.05) is 0 Å². The summed E-state index contributed by atoms with van der Waals surface area (Å²) in [6.45, 7) is 13.7. The van der Waals surface area contributed by atoms with Gasteiger partial charge in [0.25, 0.3) is 0 Å². The monoisotopic (exact) mass is 570 g/mol. The average molecular weight is 572 g/mol. The van der Waals surface area contributed by atoms with Crippen molar-refractivity contribution in [2.45, 2.75) is 52.4 Å². The van der Waals surface area contributed by atoms with Crippen LogP contribution in [0.2, 0.25) is 0 Å². The fourth-order valence-electron chi connectivity index (χ4n) is 5.94. The zero-order chi connectivity index (χ0) is 27.3. The van der Waals surface area contributed by atoms with Crippen LogP contribution in [0.1, 0.15) is 52.7 Å². The Hall–Kier alpha value is -3.56. The minimum atomic E-state index is 0.0503. The van der Waals surface area contributed by atoms with E-state index in [2.05, 4.69) is 136 Å². The van der Waals surface area contributed by atoms with Gasteiger partial charge in [0.05, 0.1) is 22.1 Å². The molecule has 0 aliphatic carbocycles. The number of aromatic nitrogens is 2. The summed E-state index contributed by atoms with van der Waals surface area (Å²) in [4.78, 5) is 10.9. The second kappa shape index (κ2) is 8.22. The first-order valence-electron chi connectivity index (χ1n) is 13.6. The maximum atomic E-state index is 5.45. The molecular weight excluding hydrogens is 540 g/mol. The van der Waals surface area contributed by atoms with Gasteiger partial charge in [-0.2, -0.15) is 0 Å². The van der Waals surface area contributed by atoms with Crippen LogP contribution in [-0.4, -0.2) is 9.97 Å². The molecule has 0 aliphatic rings. The molecular formula is C36H31BrN2. The van der Waals surface area contributed by atoms with E-state index < -0.39 is 0 Å². The summed E-state index contributed by atoms with van der Waals surface area (Å²) in [5.74, 6) is 0. The molecule has 0 bridgehead atoms. The fourth-order valence-corrected chi connectivity index (χ4v) is 6.30. The molecule has 3 heteroatoms. The van der Waals surface area contributed by atoms with E-state index in [-0.39, 0.29) is 10.8 Å². The molecule has 0 spiro atoms. The Labute approximate surface area is 237 Å². The average Bonchev–Trinajstić information content (AvgIpc) is 2.91. The number of halogens is 1. The predicted molar refractivity (Wildman–Crippen MR) is 172 cm³/mol. The second-order valence-corrected chi connectivity index (χ2v) is 13.8. The van der Waals surface area contributed by atoms with Crippen molar-refractivity contribution in [2.24, 2.45) is 0 Å². The molecule has 0 atom stereocenters. The predicted octanol–water partition coefficient (Wildman–Crippen LogP) is 10.8. The Morgan fingerprint density at radius 2 is 0.821 bits per heavy atom. The smallest absolute Gasteiger partial charge is 0.0979 e. The Morgan fingerprint density at radius 3 is 1.28 bits per heavy atom. The van der Waals surface area contributed by atoms with Crippen molar-refractivity contribution in [3.05, 3.63) is 94.5 Å². The summed E-state index contributed by atoms with van der Waals surface area (Å²) >= 11 is 3.69. The van der Waals surface area contributed by atoms with Gasteiger partial charge in [-0.3, -0.25) is 0 Å². The second-order valence-electron chi connectivity index (χ2n) is 12.9. The summed E-state index contributed by atoms with van der Waals surface area (Å²) in [5.41, 5.74) is 6.60. The van der Waals surface area contributed by atoms with Gasteiger partial charge in [0.2, 0.25) is 0 Å². The van der Waals surface area contributed by atoms with Crippen LogP contribution < -0.4 is 0 Å². The van der Waals surface area contributed by atoms with Crippen LogP contribution in [0.3, 0.4) is 0 Å². The number of hydrogen-bond acceptors (Lipinski definition) is 2. The fraction of sp³-hybridized carbons (Fsp3) is 0.222. The third-order valence-corrected chi connectivity index (χ3v) is 8.67.